The Morgan fingerprint density at radius 2 is 2.03 bits per heavy atom. The van der Waals surface area contributed by atoms with Crippen molar-refractivity contribution in [2.45, 2.75) is 43.6 Å². The van der Waals surface area contributed by atoms with Crippen molar-refractivity contribution in [3.63, 3.8) is 0 Å². The Bertz CT molecular complexity index is 790. The fraction of sp³-hybridized carbons (Fsp3) is 0.600. The van der Waals surface area contributed by atoms with Crippen LogP contribution < -0.4 is 20.1 Å². The average molecular weight is 421 g/mol. The lowest BCUT2D eigenvalue weighted by molar-refractivity contribution is -0.149. The molecule has 3 N–H and O–H groups in total. The van der Waals surface area contributed by atoms with E-state index in [1.807, 2.05) is 0 Å². The van der Waals surface area contributed by atoms with Crippen LogP contribution in [0, 0.1) is 0 Å². The molecule has 10 heteroatoms. The number of ether oxygens (including phenoxy) is 4. The Balaban J connectivity index is 1.47. The predicted molar refractivity (Wildman–Crippen MR) is 105 cm³/mol. The van der Waals surface area contributed by atoms with Crippen LogP contribution in [0.3, 0.4) is 0 Å². The Labute approximate surface area is 174 Å². The number of carbonyl (C=O) groups is 2. The molecule has 1 aromatic carbocycles. The zero-order valence-corrected chi connectivity index (χ0v) is 16.8. The summed E-state index contributed by atoms with van der Waals surface area (Å²) in [6.07, 6.45) is 0.166. The van der Waals surface area contributed by atoms with Gasteiger partial charge >= 0.3 is 6.03 Å². The van der Waals surface area contributed by atoms with Crippen LogP contribution in [-0.4, -0.2) is 79.9 Å². The van der Waals surface area contributed by atoms with Crippen LogP contribution in [0.2, 0.25) is 0 Å². The van der Waals surface area contributed by atoms with Crippen molar-refractivity contribution in [2.75, 3.05) is 38.9 Å². The molecule has 0 aromatic heterocycles. The smallest absolute Gasteiger partial charge is 0.322 e. The quantitative estimate of drug-likeness (QED) is 0.657. The van der Waals surface area contributed by atoms with Crippen LogP contribution in [0.1, 0.15) is 19.3 Å². The van der Waals surface area contributed by atoms with E-state index in [2.05, 4.69) is 10.6 Å². The third-order valence-electron chi connectivity index (χ3n) is 5.56. The van der Waals surface area contributed by atoms with Crippen molar-refractivity contribution in [2.24, 2.45) is 0 Å². The lowest BCUT2D eigenvalue weighted by atomic mass is 9.95. The van der Waals surface area contributed by atoms with Gasteiger partial charge in [-0.25, -0.2) is 4.79 Å². The van der Waals surface area contributed by atoms with Gasteiger partial charge in [0.05, 0.1) is 44.4 Å². The number of fused-ring (bicyclic) bond motifs is 2. The van der Waals surface area contributed by atoms with Crippen LogP contribution in [0.25, 0.3) is 0 Å². The number of amides is 3. The highest BCUT2D eigenvalue weighted by Crippen LogP contribution is 2.34. The minimum Gasteiger partial charge on any atom is -0.454 e. The number of β-amino-alcohol motifs (C(OH)–C–C–N with tert-alkyl or cyclic N) is 1. The first-order valence-corrected chi connectivity index (χ1v) is 10.1. The number of aliphatic hydroxyl groups excluding tert-OH is 1. The van der Waals surface area contributed by atoms with Gasteiger partial charge in [-0.15, -0.1) is 0 Å². The number of nitrogens with one attached hydrogen (secondary N) is 2. The summed E-state index contributed by atoms with van der Waals surface area (Å²) in [6, 6.07) is 4.58. The molecule has 2 saturated heterocycles. The molecule has 4 rings (SSSR count). The Morgan fingerprint density at radius 1 is 1.20 bits per heavy atom. The molecule has 3 aliphatic heterocycles. The Kier molecular flexibility index (Phi) is 6.26. The standard InChI is InChI=1S/C20H27N3O7/c1-21-19(25)7-14-3-4-15-18(30-14)10-27-9-13(24)8-23(15)20(26)22-12-2-5-16-17(6-12)29-11-28-16/h2,5-6,13-15,18,24H,3-4,7-11H2,1H3,(H,21,25)(H,22,26)/t13-,14+,15+,18-/m0/s1. The third kappa shape index (κ3) is 4.61. The molecule has 0 saturated carbocycles. The first-order chi connectivity index (χ1) is 14.5. The molecule has 3 heterocycles. The van der Waals surface area contributed by atoms with Crippen LogP contribution in [0.5, 0.6) is 11.5 Å². The Hall–Kier alpha value is -2.56. The molecule has 4 atom stereocenters. The summed E-state index contributed by atoms with van der Waals surface area (Å²) in [6.45, 7) is 0.644. The fourth-order valence-corrected chi connectivity index (χ4v) is 4.05. The van der Waals surface area contributed by atoms with E-state index in [9.17, 15) is 14.7 Å². The van der Waals surface area contributed by atoms with Crippen LogP contribution in [-0.2, 0) is 14.3 Å². The van der Waals surface area contributed by atoms with E-state index >= 15 is 0 Å². The summed E-state index contributed by atoms with van der Waals surface area (Å²) in [5.41, 5.74) is 0.572. The second-order valence-electron chi connectivity index (χ2n) is 7.66. The van der Waals surface area contributed by atoms with Gasteiger partial charge in [0.2, 0.25) is 12.7 Å². The lowest BCUT2D eigenvalue weighted by Gasteiger charge is -2.44. The molecule has 30 heavy (non-hydrogen) atoms. The van der Waals surface area contributed by atoms with Crippen LogP contribution >= 0.6 is 0 Å². The summed E-state index contributed by atoms with van der Waals surface area (Å²) < 4.78 is 22.3. The van der Waals surface area contributed by atoms with E-state index in [4.69, 9.17) is 18.9 Å². The molecule has 0 aliphatic carbocycles. The molecule has 3 amide bonds. The zero-order chi connectivity index (χ0) is 21.1. The fourth-order valence-electron chi connectivity index (χ4n) is 4.05. The van der Waals surface area contributed by atoms with E-state index in [0.717, 1.165) is 0 Å². The largest absolute Gasteiger partial charge is 0.454 e. The predicted octanol–water partition coefficient (Wildman–Crippen LogP) is 0.693. The average Bonchev–Trinajstić information content (AvgIpc) is 3.19. The van der Waals surface area contributed by atoms with Gasteiger partial charge in [-0.2, -0.15) is 0 Å². The zero-order valence-electron chi connectivity index (χ0n) is 16.8. The molecule has 3 aliphatic rings. The molecule has 2 fully saturated rings. The summed E-state index contributed by atoms with van der Waals surface area (Å²) >= 11 is 0. The first-order valence-electron chi connectivity index (χ1n) is 10.1. The van der Waals surface area contributed by atoms with Crippen LogP contribution in [0.4, 0.5) is 10.5 Å². The molecule has 0 radical (unpaired) electrons. The van der Waals surface area contributed by atoms with Crippen molar-refractivity contribution in [1.82, 2.24) is 10.2 Å². The summed E-state index contributed by atoms with van der Waals surface area (Å²) in [5, 5.41) is 15.7. The van der Waals surface area contributed by atoms with E-state index in [1.54, 1.807) is 30.1 Å². The maximum absolute atomic E-state index is 13.1. The van der Waals surface area contributed by atoms with Gasteiger partial charge in [-0.05, 0) is 25.0 Å². The lowest BCUT2D eigenvalue weighted by Crippen LogP contribution is -2.58. The molecular formula is C20H27N3O7. The third-order valence-corrected chi connectivity index (χ3v) is 5.56. The number of urea groups is 1. The number of nitrogens with zero attached hydrogens (tertiary/aromatic N) is 1. The Morgan fingerprint density at radius 3 is 2.87 bits per heavy atom. The summed E-state index contributed by atoms with van der Waals surface area (Å²) in [4.78, 5) is 26.4. The van der Waals surface area contributed by atoms with E-state index in [1.165, 1.54) is 0 Å². The maximum Gasteiger partial charge on any atom is 0.322 e. The normalized spacial score (nSPS) is 28.1. The monoisotopic (exact) mass is 421 g/mol. The van der Waals surface area contributed by atoms with Crippen LogP contribution in [0.15, 0.2) is 18.2 Å². The molecule has 164 valence electrons. The van der Waals surface area contributed by atoms with Gasteiger partial charge in [-0.3, -0.25) is 4.79 Å². The minimum atomic E-state index is -0.794. The summed E-state index contributed by atoms with van der Waals surface area (Å²) in [7, 11) is 1.59. The number of anilines is 1. The van der Waals surface area contributed by atoms with Crippen molar-refractivity contribution in [3.8, 4) is 11.5 Å². The van der Waals surface area contributed by atoms with Gasteiger partial charge in [-0.1, -0.05) is 0 Å². The molecule has 0 unspecified atom stereocenters. The number of hydrogen-bond donors (Lipinski definition) is 3. The van der Waals surface area contributed by atoms with Gasteiger partial charge in [0.15, 0.2) is 11.5 Å². The van der Waals surface area contributed by atoms with Crippen molar-refractivity contribution >= 4 is 17.6 Å². The van der Waals surface area contributed by atoms with Crippen molar-refractivity contribution in [1.29, 1.82) is 0 Å². The highest BCUT2D eigenvalue weighted by Gasteiger charge is 2.40. The highest BCUT2D eigenvalue weighted by molar-refractivity contribution is 5.90. The minimum absolute atomic E-state index is 0.0851. The second-order valence-corrected chi connectivity index (χ2v) is 7.66. The second kappa shape index (κ2) is 9.07. The van der Waals surface area contributed by atoms with Gasteiger partial charge in [0, 0.05) is 18.8 Å². The topological polar surface area (TPSA) is 119 Å². The van der Waals surface area contributed by atoms with Crippen molar-refractivity contribution in [3.05, 3.63) is 18.2 Å². The van der Waals surface area contributed by atoms with Gasteiger partial charge < -0.3 is 39.6 Å². The van der Waals surface area contributed by atoms with Crippen molar-refractivity contribution < 1.29 is 33.6 Å². The summed E-state index contributed by atoms with van der Waals surface area (Å²) in [5.74, 6) is 1.12. The number of carbonyl (C=O) groups excluding carboxylic acids is 2. The number of benzene rings is 1. The molecule has 10 nitrogen and oxygen atoms in total. The van der Waals surface area contributed by atoms with E-state index in [0.29, 0.717) is 30.0 Å². The SMILES string of the molecule is CNC(=O)C[C@H]1CC[C@@H]2[C@H](COC[C@@H](O)CN2C(=O)Nc2ccc3c(c2)OCO3)O1. The number of aliphatic hydroxyl groups is 1. The molecule has 1 aromatic rings. The van der Waals surface area contributed by atoms with E-state index in [-0.39, 0.29) is 63.2 Å². The number of rotatable bonds is 3. The molecular weight excluding hydrogens is 394 g/mol. The molecule has 0 spiro atoms. The van der Waals surface area contributed by atoms with Gasteiger partial charge in [0.1, 0.15) is 6.10 Å². The van der Waals surface area contributed by atoms with E-state index < -0.39 is 6.10 Å². The number of hydrogen-bond acceptors (Lipinski definition) is 7. The highest BCUT2D eigenvalue weighted by atomic mass is 16.7. The molecule has 0 bridgehead atoms. The first kappa shape index (κ1) is 20.7. The maximum atomic E-state index is 13.1. The van der Waals surface area contributed by atoms with Gasteiger partial charge in [0.25, 0.3) is 0 Å².